The standard InChI is InChI=1S/C11H8BrF3N2O2/c1-2-19-10(18)9-16-8(12)7-5-6(11(13,14)15)3-4-17(7)9/h3-5H,2H2,1H3. The number of hydrogen-bond acceptors (Lipinski definition) is 3. The lowest BCUT2D eigenvalue weighted by molar-refractivity contribution is -0.137. The van der Waals surface area contributed by atoms with Gasteiger partial charge in [0.25, 0.3) is 0 Å². The molecule has 0 aromatic carbocycles. The molecule has 0 saturated carbocycles. The van der Waals surface area contributed by atoms with Gasteiger partial charge in [-0.2, -0.15) is 13.2 Å². The van der Waals surface area contributed by atoms with Gasteiger partial charge in [0.05, 0.1) is 17.7 Å². The molecule has 4 nitrogen and oxygen atoms in total. The maximum absolute atomic E-state index is 12.6. The van der Waals surface area contributed by atoms with Crippen molar-refractivity contribution in [2.45, 2.75) is 13.1 Å². The molecule has 0 amide bonds. The molecule has 0 N–H and O–H groups in total. The first-order valence-electron chi connectivity index (χ1n) is 5.26. The van der Waals surface area contributed by atoms with Gasteiger partial charge in [0, 0.05) is 6.20 Å². The van der Waals surface area contributed by atoms with E-state index in [0.29, 0.717) is 0 Å². The fraction of sp³-hybridized carbons (Fsp3) is 0.273. The second kappa shape index (κ2) is 4.84. The van der Waals surface area contributed by atoms with Crippen molar-refractivity contribution in [2.75, 3.05) is 6.61 Å². The molecule has 0 aliphatic carbocycles. The number of hydrogen-bond donors (Lipinski definition) is 0. The van der Waals surface area contributed by atoms with Crippen LogP contribution in [-0.2, 0) is 10.9 Å². The van der Waals surface area contributed by atoms with Crippen molar-refractivity contribution in [1.82, 2.24) is 9.38 Å². The number of imidazole rings is 1. The monoisotopic (exact) mass is 336 g/mol. The van der Waals surface area contributed by atoms with E-state index in [0.717, 1.165) is 18.3 Å². The van der Waals surface area contributed by atoms with Crippen molar-refractivity contribution >= 4 is 27.4 Å². The van der Waals surface area contributed by atoms with Gasteiger partial charge in [0.2, 0.25) is 5.82 Å². The van der Waals surface area contributed by atoms with Crippen LogP contribution in [0.1, 0.15) is 23.1 Å². The third kappa shape index (κ3) is 2.58. The van der Waals surface area contributed by atoms with Crippen LogP contribution in [0.5, 0.6) is 0 Å². The SMILES string of the molecule is CCOC(=O)c1nc(Br)c2cc(C(F)(F)F)ccn12. The Morgan fingerprint density at radius 1 is 1.53 bits per heavy atom. The fourth-order valence-corrected chi connectivity index (χ4v) is 2.04. The Bertz CT molecular complexity index is 637. The molecule has 0 bridgehead atoms. The minimum absolute atomic E-state index is 0.0718. The summed E-state index contributed by atoms with van der Waals surface area (Å²) in [5, 5.41) is 0. The van der Waals surface area contributed by atoms with E-state index in [4.69, 9.17) is 4.74 Å². The van der Waals surface area contributed by atoms with Gasteiger partial charge >= 0.3 is 12.1 Å². The molecular formula is C11H8BrF3N2O2. The molecule has 2 aromatic heterocycles. The lowest BCUT2D eigenvalue weighted by Crippen LogP contribution is -2.10. The molecule has 2 heterocycles. The lowest BCUT2D eigenvalue weighted by atomic mass is 10.2. The average Bonchev–Trinajstić information content (AvgIpc) is 2.66. The Labute approximate surface area is 114 Å². The van der Waals surface area contributed by atoms with Crippen molar-refractivity contribution in [1.29, 1.82) is 0 Å². The molecule has 0 unspecified atom stereocenters. The highest BCUT2D eigenvalue weighted by molar-refractivity contribution is 9.10. The number of pyridine rings is 1. The summed E-state index contributed by atoms with van der Waals surface area (Å²) in [5.74, 6) is -0.764. The van der Waals surface area contributed by atoms with Crippen LogP contribution in [0.25, 0.3) is 5.52 Å². The number of aromatic nitrogens is 2. The van der Waals surface area contributed by atoms with Crippen LogP contribution in [-0.4, -0.2) is 22.0 Å². The van der Waals surface area contributed by atoms with Gasteiger partial charge in [0.1, 0.15) is 4.60 Å². The molecular weight excluding hydrogens is 329 g/mol. The molecule has 2 aromatic rings. The number of alkyl halides is 3. The Morgan fingerprint density at radius 2 is 2.21 bits per heavy atom. The predicted molar refractivity (Wildman–Crippen MR) is 63.9 cm³/mol. The largest absolute Gasteiger partial charge is 0.460 e. The van der Waals surface area contributed by atoms with Crippen molar-refractivity contribution in [3.8, 4) is 0 Å². The minimum Gasteiger partial charge on any atom is -0.460 e. The number of halogens is 4. The summed E-state index contributed by atoms with van der Waals surface area (Å²) in [4.78, 5) is 15.5. The number of fused-ring (bicyclic) bond motifs is 1. The Kier molecular flexibility index (Phi) is 3.53. The van der Waals surface area contributed by atoms with Crippen molar-refractivity contribution < 1.29 is 22.7 Å². The molecule has 19 heavy (non-hydrogen) atoms. The molecule has 0 radical (unpaired) electrons. The van der Waals surface area contributed by atoms with E-state index in [1.54, 1.807) is 6.92 Å². The Hall–Kier alpha value is -1.57. The molecule has 0 aliphatic rings. The van der Waals surface area contributed by atoms with Gasteiger partial charge in [-0.25, -0.2) is 9.78 Å². The summed E-state index contributed by atoms with van der Waals surface area (Å²) < 4.78 is 44.0. The Balaban J connectivity index is 2.58. The number of carbonyl (C=O) groups excluding carboxylic acids is 1. The zero-order valence-corrected chi connectivity index (χ0v) is 11.2. The van der Waals surface area contributed by atoms with Crippen LogP contribution in [0.4, 0.5) is 13.2 Å². The molecule has 8 heteroatoms. The number of nitrogens with zero attached hydrogens (tertiary/aromatic N) is 2. The zero-order chi connectivity index (χ0) is 14.2. The van der Waals surface area contributed by atoms with E-state index in [2.05, 4.69) is 20.9 Å². The van der Waals surface area contributed by atoms with Crippen molar-refractivity contribution in [2.24, 2.45) is 0 Å². The third-order valence-electron chi connectivity index (χ3n) is 2.38. The fourth-order valence-electron chi connectivity index (χ4n) is 1.56. The van der Waals surface area contributed by atoms with Crippen LogP contribution in [0.15, 0.2) is 22.9 Å². The van der Waals surface area contributed by atoms with Crippen LogP contribution < -0.4 is 0 Å². The third-order valence-corrected chi connectivity index (χ3v) is 2.97. The first-order chi connectivity index (χ1) is 8.84. The molecule has 0 saturated heterocycles. The van der Waals surface area contributed by atoms with Gasteiger partial charge in [-0.3, -0.25) is 4.40 Å². The molecule has 0 spiro atoms. The minimum atomic E-state index is -4.45. The van der Waals surface area contributed by atoms with E-state index in [-0.39, 0.29) is 22.6 Å². The summed E-state index contributed by atoms with van der Waals surface area (Å²) >= 11 is 3.03. The zero-order valence-electron chi connectivity index (χ0n) is 9.66. The topological polar surface area (TPSA) is 43.6 Å². The average molecular weight is 337 g/mol. The number of rotatable bonds is 2. The van der Waals surface area contributed by atoms with E-state index in [1.165, 1.54) is 4.40 Å². The van der Waals surface area contributed by atoms with Gasteiger partial charge in [-0.05, 0) is 35.0 Å². The molecule has 0 aliphatic heterocycles. The number of carbonyl (C=O) groups is 1. The van der Waals surface area contributed by atoms with Gasteiger partial charge < -0.3 is 4.74 Å². The van der Waals surface area contributed by atoms with E-state index >= 15 is 0 Å². The highest BCUT2D eigenvalue weighted by Gasteiger charge is 2.31. The van der Waals surface area contributed by atoms with Crippen LogP contribution in [0.3, 0.4) is 0 Å². The van der Waals surface area contributed by atoms with Crippen LogP contribution in [0.2, 0.25) is 0 Å². The second-order valence-corrected chi connectivity index (χ2v) is 4.37. The van der Waals surface area contributed by atoms with Gasteiger partial charge in [-0.15, -0.1) is 0 Å². The predicted octanol–water partition coefficient (Wildman–Crippen LogP) is 3.29. The Morgan fingerprint density at radius 3 is 2.79 bits per heavy atom. The highest BCUT2D eigenvalue weighted by atomic mass is 79.9. The summed E-state index contributed by atoms with van der Waals surface area (Å²) in [6, 6.07) is 1.80. The smallest absolute Gasteiger partial charge is 0.416 e. The highest BCUT2D eigenvalue weighted by Crippen LogP contribution is 2.31. The first kappa shape index (κ1) is 13.9. The molecule has 2 rings (SSSR count). The van der Waals surface area contributed by atoms with Gasteiger partial charge in [0.15, 0.2) is 0 Å². The lowest BCUT2D eigenvalue weighted by Gasteiger charge is -2.07. The molecule has 102 valence electrons. The van der Waals surface area contributed by atoms with Crippen LogP contribution in [0, 0.1) is 0 Å². The van der Waals surface area contributed by atoms with Gasteiger partial charge in [-0.1, -0.05) is 0 Å². The normalized spacial score (nSPS) is 11.8. The van der Waals surface area contributed by atoms with Crippen molar-refractivity contribution in [3.05, 3.63) is 34.3 Å². The quantitative estimate of drug-likeness (QED) is 0.790. The molecule has 0 fully saturated rings. The summed E-state index contributed by atoms with van der Waals surface area (Å²) in [5.41, 5.74) is -0.658. The summed E-state index contributed by atoms with van der Waals surface area (Å²) in [6.45, 7) is 1.79. The first-order valence-corrected chi connectivity index (χ1v) is 6.05. The van der Waals surface area contributed by atoms with E-state index in [9.17, 15) is 18.0 Å². The van der Waals surface area contributed by atoms with Crippen LogP contribution >= 0.6 is 15.9 Å². The van der Waals surface area contributed by atoms with Crippen molar-refractivity contribution in [3.63, 3.8) is 0 Å². The summed E-state index contributed by atoms with van der Waals surface area (Å²) in [7, 11) is 0. The molecule has 0 atom stereocenters. The second-order valence-electron chi connectivity index (χ2n) is 3.62. The van der Waals surface area contributed by atoms with E-state index < -0.39 is 17.7 Å². The summed E-state index contributed by atoms with van der Waals surface area (Å²) in [6.07, 6.45) is -3.31. The maximum atomic E-state index is 12.6. The number of esters is 1. The maximum Gasteiger partial charge on any atom is 0.416 e. The number of ether oxygens (including phenoxy) is 1. The van der Waals surface area contributed by atoms with E-state index in [1.807, 2.05) is 0 Å².